The van der Waals surface area contributed by atoms with Gasteiger partial charge in [-0.3, -0.25) is 58.8 Å². The Bertz CT molecular complexity index is 2910. The van der Waals surface area contributed by atoms with Gasteiger partial charge in [0.25, 0.3) is 23.6 Å². The largest absolute Gasteiger partial charge is 0.384 e. The van der Waals surface area contributed by atoms with E-state index in [1.54, 1.807) is 125 Å². The first kappa shape index (κ1) is 74.7. The summed E-state index contributed by atoms with van der Waals surface area (Å²) in [5, 5.41) is 10.8. The van der Waals surface area contributed by atoms with Crippen LogP contribution in [0.25, 0.3) is 0 Å². The van der Waals surface area contributed by atoms with Crippen LogP contribution in [0.2, 0.25) is 0 Å². The van der Waals surface area contributed by atoms with E-state index in [0.29, 0.717) is 117 Å². The topological polar surface area (TPSA) is 273 Å². The van der Waals surface area contributed by atoms with E-state index >= 15 is 0 Å². The molecule has 2 unspecified atom stereocenters. The first-order chi connectivity index (χ1) is 40.0. The predicted octanol–water partition coefficient (Wildman–Crippen LogP) is 2.63. The number of nitrogens with one attached hydrogen (secondary N) is 4. The molecule has 0 saturated carbocycles. The van der Waals surface area contributed by atoms with Crippen molar-refractivity contribution in [3.8, 4) is 0 Å². The second kappa shape index (κ2) is 45.6. The lowest BCUT2D eigenvalue weighted by Gasteiger charge is -2.27. The summed E-state index contributed by atoms with van der Waals surface area (Å²) in [5.41, 5.74) is 7.47. The lowest BCUT2D eigenvalue weighted by atomic mass is 10.0. The molecule has 8 amide bonds. The van der Waals surface area contributed by atoms with E-state index in [1.807, 2.05) is 0 Å². The van der Waals surface area contributed by atoms with E-state index < -0.39 is 59.3 Å². The third-order valence-electron chi connectivity index (χ3n) is 11.4. The number of unbranched alkanes of at least 4 members (excludes halogenated alkanes) is 1. The number of amides is 8. The van der Waals surface area contributed by atoms with Crippen molar-refractivity contribution < 1.29 is 66.8 Å². The Morgan fingerprint density at radius 3 is 1.17 bits per heavy atom. The summed E-state index contributed by atoms with van der Waals surface area (Å²) in [5.74, 6) is -4.14. The van der Waals surface area contributed by atoms with Gasteiger partial charge in [-0.05, 0) is 69.3 Å². The number of ether oxygens (including phenoxy) is 6. The second-order valence-corrected chi connectivity index (χ2v) is 38.1. The van der Waals surface area contributed by atoms with Crippen LogP contribution >= 0.6 is 0 Å². The fourth-order valence-corrected chi connectivity index (χ4v) is 35.2. The molecule has 0 aliphatic carbocycles. The van der Waals surface area contributed by atoms with Gasteiger partial charge in [0, 0.05) is 193 Å². The van der Waals surface area contributed by atoms with Crippen molar-refractivity contribution in [2.45, 2.75) is 84.2 Å². The number of hydrogen-bond donors (Lipinski definition) is 5. The quantitative estimate of drug-likeness (QED) is 0.0556. The molecule has 0 spiro atoms. The molecule has 4 aliphatic rings. The number of imide groups is 4. The second-order valence-electron chi connectivity index (χ2n) is 16.9. The van der Waals surface area contributed by atoms with Gasteiger partial charge in [-0.15, -0.1) is 0 Å². The summed E-state index contributed by atoms with van der Waals surface area (Å²) in [6.45, 7) is 10.4. The van der Waals surface area contributed by atoms with Crippen molar-refractivity contribution >= 4 is 188 Å². The van der Waals surface area contributed by atoms with Crippen LogP contribution in [-0.4, -0.2) is 168 Å². The van der Waals surface area contributed by atoms with Crippen molar-refractivity contribution in [3.63, 3.8) is 0 Å². The Labute approximate surface area is 527 Å². The number of nitrogens with zero attached hydrogens (tertiary/aromatic N) is 2. The normalized spacial score (nSPS) is 15.8. The van der Waals surface area contributed by atoms with Crippen molar-refractivity contribution in [3.05, 3.63) is 58.7 Å². The van der Waals surface area contributed by atoms with Crippen LogP contribution in [0.4, 0.5) is 11.4 Å². The van der Waals surface area contributed by atoms with E-state index in [0.717, 1.165) is 35.7 Å². The zero-order valence-corrected chi connectivity index (χ0v) is 55.9. The van der Waals surface area contributed by atoms with Crippen molar-refractivity contribution in [2.75, 3.05) is 110 Å². The molecule has 464 valence electrons. The summed E-state index contributed by atoms with van der Waals surface area (Å²) in [4.78, 5) is 101. The molecule has 4 aliphatic heterocycles. The van der Waals surface area contributed by atoms with Crippen LogP contribution < -0.4 is 27.0 Å². The van der Waals surface area contributed by atoms with E-state index in [9.17, 15) is 38.4 Å². The molecule has 35 heteroatoms. The number of carbonyl (C=O) groups is 8. The number of piperidine rings is 2. The van der Waals surface area contributed by atoms with Crippen LogP contribution in [0.3, 0.4) is 0 Å². The van der Waals surface area contributed by atoms with Gasteiger partial charge in [0.2, 0.25) is 23.6 Å². The lowest BCUT2D eigenvalue weighted by molar-refractivity contribution is -0.137. The van der Waals surface area contributed by atoms with Gasteiger partial charge in [0.1, 0.15) is 12.1 Å². The number of hydrogen-bond acceptors (Lipinski definition) is 19. The molecule has 6 N–H and O–H groups in total. The zero-order valence-electron chi connectivity index (χ0n) is 44.5. The summed E-state index contributed by atoms with van der Waals surface area (Å²) in [7, 11) is 19.9. The Balaban J connectivity index is 0.000000352. The zero-order chi connectivity index (χ0) is 59.2. The molecule has 6 rings (SSSR count). The standard InChI is InChI=1S/C24H33N3O7.C23H32N4O7.CH4.S14/c1-2-3-11-32-13-15-34-16-14-33-12-5-10-25-18-7-4-6-17-21(18)24(31)27(23(17)30)19-8-9-20(28)26-22(19)29;24-8-2-10-32-12-14-34-15-13-33-11-3-9-25-17-5-1-4-16-20(17)23(31)27(22(16)30)18-6-7-19(28)26-21(18)29;;1-3-5-7-9-11-13-14-12-10-8-6-4-2/h4,6-7,19,25H,2-3,5,8-16H2,1H3,(H,26,28,29);1,4-5,18,25H,2-3,6-15,24H2,(H,26,28,29);1H4;. The maximum atomic E-state index is 13.0. The third-order valence-corrected chi connectivity index (χ3v) is 35.9. The van der Waals surface area contributed by atoms with Crippen LogP contribution in [0.5, 0.6) is 0 Å². The van der Waals surface area contributed by atoms with Gasteiger partial charge in [0.15, 0.2) is 0 Å². The number of fused-ring (bicyclic) bond motifs is 2. The Morgan fingerprint density at radius 2 is 0.831 bits per heavy atom. The number of anilines is 2. The van der Waals surface area contributed by atoms with Gasteiger partial charge in [0.05, 0.1) is 75.1 Å². The fraction of sp³-hybridized carbons (Fsp3) is 0.583. The first-order valence-corrected chi connectivity index (χ1v) is 42.9. The van der Waals surface area contributed by atoms with Gasteiger partial charge in [-0.1, -0.05) is 32.9 Å². The molecule has 2 atom stereocenters. The Hall–Kier alpha value is -2.60. The monoisotopic (exact) mass is 1420 g/mol. The third kappa shape index (κ3) is 27.1. The van der Waals surface area contributed by atoms with Crippen molar-refractivity contribution in [2.24, 2.45) is 5.73 Å². The molecule has 2 saturated heterocycles. The average Bonchev–Trinajstić information content (AvgIpc) is 2.89. The number of rotatable bonds is 30. The first-order valence-electron chi connectivity index (χ1n) is 25.6. The molecule has 21 nitrogen and oxygen atoms in total. The summed E-state index contributed by atoms with van der Waals surface area (Å²) in [6.07, 6.45) is 4.83. The molecule has 0 aromatic heterocycles. The number of benzene rings is 2. The van der Waals surface area contributed by atoms with Crippen LogP contribution in [-0.2, 0) is 177 Å². The summed E-state index contributed by atoms with van der Waals surface area (Å²) < 4.78 is 32.7. The van der Waals surface area contributed by atoms with Gasteiger partial charge in [-0.2, -0.15) is 0 Å². The molecule has 2 fully saturated rings. The average molecular weight is 1420 g/mol. The number of nitrogens with two attached hydrogens (primary N) is 1. The predicted molar refractivity (Wildman–Crippen MR) is 356 cm³/mol. The molecule has 83 heavy (non-hydrogen) atoms. The summed E-state index contributed by atoms with van der Waals surface area (Å²) >= 11 is 9.43. The SMILES string of the molecule is C.CCCCOCCOCCOCCCNc1cccc2c1C(=O)N(C1CCC(=O)NC1=O)C2=O.NCCCOCCOCCOCCCNc1cccc2c1C(=O)N(C1CCC(=O)NC1=O)C2=O.S=S=S=S=S=S=S=S=S=S=S=S=S=S. The maximum Gasteiger partial charge on any atom is 0.264 e. The van der Waals surface area contributed by atoms with E-state index in [1.165, 1.54) is 17.8 Å². The summed E-state index contributed by atoms with van der Waals surface area (Å²) in [6, 6.07) is 8.03. The minimum absolute atomic E-state index is 0. The van der Waals surface area contributed by atoms with Crippen molar-refractivity contribution in [1.29, 1.82) is 0 Å². The lowest BCUT2D eigenvalue weighted by Crippen LogP contribution is -2.54. The highest BCUT2D eigenvalue weighted by Gasteiger charge is 2.47. The molecule has 0 bridgehead atoms. The fourth-order valence-electron chi connectivity index (χ4n) is 7.75. The van der Waals surface area contributed by atoms with Gasteiger partial charge in [-0.25, -0.2) is 0 Å². The highest BCUT2D eigenvalue weighted by Crippen LogP contribution is 2.34. The highest BCUT2D eigenvalue weighted by molar-refractivity contribution is 8.76. The van der Waals surface area contributed by atoms with Crippen LogP contribution in [0.1, 0.15) is 114 Å². The molecular weight excluding hydrogens is 1350 g/mol. The molecule has 2 aromatic carbocycles. The van der Waals surface area contributed by atoms with Crippen LogP contribution in [0.15, 0.2) is 36.4 Å². The molecule has 2 aromatic rings. The molecular formula is C48H69N7O14S14. The molecule has 4 heterocycles. The van der Waals surface area contributed by atoms with E-state index in [4.69, 9.17) is 56.5 Å². The van der Waals surface area contributed by atoms with Gasteiger partial charge >= 0.3 is 0 Å². The number of carbonyl (C=O) groups excluding carboxylic acids is 8. The maximum absolute atomic E-state index is 13.0. The van der Waals surface area contributed by atoms with Gasteiger partial charge < -0.3 is 44.8 Å². The Morgan fingerprint density at radius 1 is 0.494 bits per heavy atom. The highest BCUT2D eigenvalue weighted by atomic mass is 33.5. The molecule has 0 radical (unpaired) electrons. The minimum Gasteiger partial charge on any atom is -0.384 e. The van der Waals surface area contributed by atoms with Crippen molar-refractivity contribution in [1.82, 2.24) is 20.4 Å². The van der Waals surface area contributed by atoms with Crippen LogP contribution in [0, 0.1) is 0 Å². The van der Waals surface area contributed by atoms with E-state index in [2.05, 4.69) is 28.2 Å². The Kier molecular flexibility index (Phi) is 41.1. The smallest absolute Gasteiger partial charge is 0.264 e. The van der Waals surface area contributed by atoms with E-state index in [-0.39, 0.29) is 55.4 Å². The minimum atomic E-state index is -0.980.